The molecule has 1 aliphatic heterocycles. The Morgan fingerprint density at radius 2 is 2.21 bits per heavy atom. The fourth-order valence-electron chi connectivity index (χ4n) is 2.24. The van der Waals surface area contributed by atoms with Crippen molar-refractivity contribution in [3.63, 3.8) is 0 Å². The van der Waals surface area contributed by atoms with Crippen LogP contribution >= 0.6 is 11.8 Å². The molecule has 0 aliphatic carbocycles. The highest BCUT2D eigenvalue weighted by Crippen LogP contribution is 2.26. The van der Waals surface area contributed by atoms with Crippen LogP contribution in [0.4, 0.5) is 0 Å². The standard InChI is InChI=1S/C13H24N4OS/c1-17-8-9-19-10-11(17)13-15-12(18-16-13)6-4-2-3-5-7-14/h11H,2-10,14H2,1H3. The minimum atomic E-state index is 0.313. The molecule has 1 unspecified atom stereocenters. The number of hydrogen-bond acceptors (Lipinski definition) is 6. The molecule has 19 heavy (non-hydrogen) atoms. The molecule has 0 radical (unpaired) electrons. The van der Waals surface area contributed by atoms with Gasteiger partial charge in [-0.1, -0.05) is 18.0 Å². The van der Waals surface area contributed by atoms with Gasteiger partial charge in [0.2, 0.25) is 5.89 Å². The first-order valence-corrected chi connectivity index (χ1v) is 8.27. The number of nitrogens with zero attached hydrogens (tertiary/aromatic N) is 3. The molecular weight excluding hydrogens is 260 g/mol. The Morgan fingerprint density at radius 3 is 3.00 bits per heavy atom. The molecule has 0 amide bonds. The van der Waals surface area contributed by atoms with Gasteiger partial charge in [-0.15, -0.1) is 0 Å². The molecule has 1 aromatic rings. The molecule has 1 fully saturated rings. The number of rotatable bonds is 7. The van der Waals surface area contributed by atoms with Gasteiger partial charge in [0.05, 0.1) is 6.04 Å². The van der Waals surface area contributed by atoms with Crippen LogP contribution in [0.15, 0.2) is 4.52 Å². The first kappa shape index (κ1) is 14.8. The van der Waals surface area contributed by atoms with E-state index >= 15 is 0 Å². The molecule has 0 bridgehead atoms. The van der Waals surface area contributed by atoms with Crippen molar-refractivity contribution in [2.45, 2.75) is 38.1 Å². The number of unbranched alkanes of at least 4 members (excludes halogenated alkanes) is 3. The maximum absolute atomic E-state index is 5.47. The van der Waals surface area contributed by atoms with Crippen molar-refractivity contribution < 1.29 is 4.52 Å². The van der Waals surface area contributed by atoms with Crippen LogP contribution in [0.5, 0.6) is 0 Å². The molecule has 1 atom stereocenters. The van der Waals surface area contributed by atoms with Crippen LogP contribution in [0, 0.1) is 0 Å². The molecule has 108 valence electrons. The summed E-state index contributed by atoms with van der Waals surface area (Å²) in [5.74, 6) is 3.89. The minimum absolute atomic E-state index is 0.313. The summed E-state index contributed by atoms with van der Waals surface area (Å²) in [5.41, 5.74) is 5.47. The molecule has 1 aromatic heterocycles. The van der Waals surface area contributed by atoms with Crippen molar-refractivity contribution >= 4 is 11.8 Å². The molecule has 5 nitrogen and oxygen atoms in total. The molecule has 0 aromatic carbocycles. The summed E-state index contributed by atoms with van der Waals surface area (Å²) in [6.07, 6.45) is 5.49. The lowest BCUT2D eigenvalue weighted by molar-refractivity contribution is 0.256. The van der Waals surface area contributed by atoms with Crippen molar-refractivity contribution in [1.82, 2.24) is 15.0 Å². The number of nitrogens with two attached hydrogens (primary N) is 1. The predicted molar refractivity (Wildman–Crippen MR) is 78.2 cm³/mol. The van der Waals surface area contributed by atoms with E-state index in [0.29, 0.717) is 6.04 Å². The SMILES string of the molecule is CN1CCSCC1c1noc(CCCCCCN)n1. The Kier molecular flexibility index (Phi) is 6.13. The Balaban J connectivity index is 1.78. The van der Waals surface area contributed by atoms with E-state index in [-0.39, 0.29) is 0 Å². The van der Waals surface area contributed by atoms with E-state index in [1.807, 2.05) is 11.8 Å². The molecule has 1 aliphatic rings. The van der Waals surface area contributed by atoms with Gasteiger partial charge in [-0.05, 0) is 26.4 Å². The molecule has 0 saturated carbocycles. The zero-order chi connectivity index (χ0) is 13.5. The zero-order valence-electron chi connectivity index (χ0n) is 11.7. The van der Waals surface area contributed by atoms with Gasteiger partial charge in [-0.25, -0.2) is 0 Å². The van der Waals surface area contributed by atoms with Crippen LogP contribution in [0.25, 0.3) is 0 Å². The average molecular weight is 284 g/mol. The van der Waals surface area contributed by atoms with Gasteiger partial charge >= 0.3 is 0 Å². The van der Waals surface area contributed by atoms with Gasteiger partial charge in [0, 0.05) is 24.5 Å². The fourth-order valence-corrected chi connectivity index (χ4v) is 3.45. The van der Waals surface area contributed by atoms with E-state index in [1.54, 1.807) is 0 Å². The van der Waals surface area contributed by atoms with E-state index in [4.69, 9.17) is 10.3 Å². The van der Waals surface area contributed by atoms with E-state index in [1.165, 1.54) is 18.6 Å². The first-order chi connectivity index (χ1) is 9.31. The second kappa shape index (κ2) is 7.87. The molecule has 6 heteroatoms. The Labute approximate surface area is 119 Å². The molecule has 2 N–H and O–H groups in total. The molecule has 0 spiro atoms. The quantitative estimate of drug-likeness (QED) is 0.771. The second-order valence-electron chi connectivity index (χ2n) is 5.07. The average Bonchev–Trinajstić information content (AvgIpc) is 2.88. The second-order valence-corrected chi connectivity index (χ2v) is 6.22. The highest BCUT2D eigenvalue weighted by molar-refractivity contribution is 7.99. The lowest BCUT2D eigenvalue weighted by Crippen LogP contribution is -2.33. The summed E-state index contributed by atoms with van der Waals surface area (Å²) in [6.45, 7) is 1.88. The Hall–Kier alpha value is -0.590. The van der Waals surface area contributed by atoms with Crippen LogP contribution in [-0.2, 0) is 6.42 Å². The zero-order valence-corrected chi connectivity index (χ0v) is 12.5. The molecule has 2 rings (SSSR count). The van der Waals surface area contributed by atoms with Gasteiger partial charge < -0.3 is 10.3 Å². The van der Waals surface area contributed by atoms with E-state index in [2.05, 4.69) is 22.1 Å². The summed E-state index contributed by atoms with van der Waals surface area (Å²) in [7, 11) is 2.13. The van der Waals surface area contributed by atoms with E-state index in [9.17, 15) is 0 Å². The number of aryl methyl sites for hydroxylation is 1. The van der Waals surface area contributed by atoms with Crippen LogP contribution < -0.4 is 5.73 Å². The lowest BCUT2D eigenvalue weighted by Gasteiger charge is -2.29. The van der Waals surface area contributed by atoms with Crippen molar-refractivity contribution in [3.05, 3.63) is 11.7 Å². The fraction of sp³-hybridized carbons (Fsp3) is 0.846. The predicted octanol–water partition coefficient (Wildman–Crippen LogP) is 1.85. The lowest BCUT2D eigenvalue weighted by atomic mass is 10.1. The summed E-state index contributed by atoms with van der Waals surface area (Å²) >= 11 is 1.96. The van der Waals surface area contributed by atoms with Gasteiger partial charge in [-0.3, -0.25) is 4.90 Å². The van der Waals surface area contributed by atoms with Crippen LogP contribution in [0.2, 0.25) is 0 Å². The summed E-state index contributed by atoms with van der Waals surface area (Å²) < 4.78 is 5.35. The maximum atomic E-state index is 5.47. The monoisotopic (exact) mass is 284 g/mol. The highest BCUT2D eigenvalue weighted by Gasteiger charge is 2.25. The number of hydrogen-bond donors (Lipinski definition) is 1. The van der Waals surface area contributed by atoms with Gasteiger partial charge in [0.15, 0.2) is 5.82 Å². The smallest absolute Gasteiger partial charge is 0.226 e. The third-order valence-electron chi connectivity index (χ3n) is 3.52. The third-order valence-corrected chi connectivity index (χ3v) is 4.55. The van der Waals surface area contributed by atoms with Gasteiger partial charge in [-0.2, -0.15) is 16.7 Å². The topological polar surface area (TPSA) is 68.2 Å². The van der Waals surface area contributed by atoms with Crippen LogP contribution in [-0.4, -0.2) is 46.7 Å². The highest BCUT2D eigenvalue weighted by atomic mass is 32.2. The molecule has 1 saturated heterocycles. The van der Waals surface area contributed by atoms with Gasteiger partial charge in [0.25, 0.3) is 0 Å². The number of thioether (sulfide) groups is 1. The van der Waals surface area contributed by atoms with Crippen LogP contribution in [0.1, 0.15) is 43.4 Å². The van der Waals surface area contributed by atoms with E-state index < -0.39 is 0 Å². The van der Waals surface area contributed by atoms with Crippen molar-refractivity contribution in [2.24, 2.45) is 5.73 Å². The summed E-state index contributed by atoms with van der Waals surface area (Å²) in [4.78, 5) is 6.86. The summed E-state index contributed by atoms with van der Waals surface area (Å²) in [5, 5.41) is 4.14. The first-order valence-electron chi connectivity index (χ1n) is 7.12. The molecular formula is C13H24N4OS. The Morgan fingerprint density at radius 1 is 1.37 bits per heavy atom. The number of aromatic nitrogens is 2. The minimum Gasteiger partial charge on any atom is -0.339 e. The largest absolute Gasteiger partial charge is 0.339 e. The normalized spacial score (nSPS) is 20.8. The van der Waals surface area contributed by atoms with E-state index in [0.717, 1.165) is 49.8 Å². The van der Waals surface area contributed by atoms with Gasteiger partial charge in [0.1, 0.15) is 0 Å². The third kappa shape index (κ3) is 4.47. The Bertz CT molecular complexity index is 371. The van der Waals surface area contributed by atoms with Crippen molar-refractivity contribution in [3.8, 4) is 0 Å². The molecule has 2 heterocycles. The van der Waals surface area contributed by atoms with Crippen molar-refractivity contribution in [2.75, 3.05) is 31.6 Å². The van der Waals surface area contributed by atoms with Crippen molar-refractivity contribution in [1.29, 1.82) is 0 Å². The maximum Gasteiger partial charge on any atom is 0.226 e. The van der Waals surface area contributed by atoms with Crippen LogP contribution in [0.3, 0.4) is 0 Å². The summed E-state index contributed by atoms with van der Waals surface area (Å²) in [6, 6.07) is 0.313.